The fourth-order valence-electron chi connectivity index (χ4n) is 6.05. The highest BCUT2D eigenvalue weighted by Gasteiger charge is 2.50. The monoisotopic (exact) mass is 757 g/mol. The largest absolute Gasteiger partial charge is 0.394 e. The Balaban J connectivity index is 1.88. The molecule has 0 spiro atoms. The maximum Gasteiger partial charge on any atom is 0.220 e. The first kappa shape index (κ1) is 47.1. The molecule has 2 fully saturated rings. The van der Waals surface area contributed by atoms with Crippen LogP contribution in [0.1, 0.15) is 97.3 Å². The van der Waals surface area contributed by atoms with Crippen LogP contribution in [0.5, 0.6) is 0 Å². The second kappa shape index (κ2) is 27.5. The molecule has 2 saturated heterocycles. The maximum atomic E-state index is 12.9. The minimum Gasteiger partial charge on any atom is -0.394 e. The van der Waals surface area contributed by atoms with E-state index in [-0.39, 0.29) is 18.9 Å². The average Bonchev–Trinajstić information content (AvgIpc) is 3.15. The minimum atomic E-state index is -1.78. The molecule has 12 atom stereocenters. The second-order valence-electron chi connectivity index (χ2n) is 13.7. The number of unbranched alkanes of at least 4 members (excludes halogenated alkanes) is 5. The van der Waals surface area contributed by atoms with E-state index in [1.807, 2.05) is 0 Å². The van der Waals surface area contributed by atoms with Crippen molar-refractivity contribution in [3.8, 4) is 0 Å². The van der Waals surface area contributed by atoms with Crippen molar-refractivity contribution in [1.29, 1.82) is 0 Å². The van der Waals surface area contributed by atoms with Crippen molar-refractivity contribution in [1.82, 2.24) is 5.32 Å². The van der Waals surface area contributed by atoms with Crippen LogP contribution < -0.4 is 5.32 Å². The summed E-state index contributed by atoms with van der Waals surface area (Å²) in [6, 6.07) is -0.845. The number of aliphatic hydroxyl groups excluding tert-OH is 8. The molecule has 1 amide bonds. The molecular formula is C39H67NO13. The van der Waals surface area contributed by atoms with Crippen LogP contribution in [-0.4, -0.2) is 140 Å². The first-order chi connectivity index (χ1) is 25.6. The van der Waals surface area contributed by atoms with Gasteiger partial charge >= 0.3 is 0 Å². The quantitative estimate of drug-likeness (QED) is 0.0454. The summed E-state index contributed by atoms with van der Waals surface area (Å²) >= 11 is 0. The molecule has 2 aliphatic rings. The van der Waals surface area contributed by atoms with Gasteiger partial charge in [0, 0.05) is 6.42 Å². The topological polar surface area (TPSA) is 228 Å². The Kier molecular flexibility index (Phi) is 24.5. The third-order valence-corrected chi connectivity index (χ3v) is 9.31. The number of carbonyl (C=O) groups excluding carboxylic acids is 1. The molecule has 0 aromatic carbocycles. The zero-order valence-corrected chi connectivity index (χ0v) is 31.5. The number of rotatable bonds is 26. The van der Waals surface area contributed by atoms with Gasteiger partial charge in [0.05, 0.1) is 32.0 Å². The summed E-state index contributed by atoms with van der Waals surface area (Å²) in [6.07, 6.45) is 10.7. The Morgan fingerprint density at radius 2 is 1.30 bits per heavy atom. The van der Waals surface area contributed by atoms with Crippen molar-refractivity contribution in [2.45, 2.75) is 171 Å². The predicted molar refractivity (Wildman–Crippen MR) is 198 cm³/mol. The van der Waals surface area contributed by atoms with Crippen molar-refractivity contribution in [2.24, 2.45) is 0 Å². The molecule has 0 radical (unpaired) electrons. The van der Waals surface area contributed by atoms with Gasteiger partial charge in [0.25, 0.3) is 0 Å². The van der Waals surface area contributed by atoms with Gasteiger partial charge in [-0.3, -0.25) is 4.79 Å². The van der Waals surface area contributed by atoms with Gasteiger partial charge in [0.2, 0.25) is 5.91 Å². The molecule has 12 unspecified atom stereocenters. The predicted octanol–water partition coefficient (Wildman–Crippen LogP) is 1.81. The summed E-state index contributed by atoms with van der Waals surface area (Å²) in [7, 11) is 0. The average molecular weight is 758 g/mol. The minimum absolute atomic E-state index is 0.247. The van der Waals surface area contributed by atoms with Gasteiger partial charge in [0.1, 0.15) is 48.8 Å². The van der Waals surface area contributed by atoms with Gasteiger partial charge in [0.15, 0.2) is 12.6 Å². The van der Waals surface area contributed by atoms with E-state index in [4.69, 9.17) is 18.9 Å². The normalized spacial score (nSPS) is 30.9. The summed E-state index contributed by atoms with van der Waals surface area (Å²) < 4.78 is 22.4. The Morgan fingerprint density at radius 3 is 1.92 bits per heavy atom. The molecular weight excluding hydrogens is 690 g/mol. The van der Waals surface area contributed by atoms with Crippen LogP contribution in [0, 0.1) is 0 Å². The van der Waals surface area contributed by atoms with Gasteiger partial charge in [-0.2, -0.15) is 0 Å². The number of carbonyl (C=O) groups is 1. The molecule has 0 saturated carbocycles. The number of amides is 1. The number of ether oxygens (including phenoxy) is 4. The lowest BCUT2D eigenvalue weighted by molar-refractivity contribution is -0.359. The second-order valence-corrected chi connectivity index (χ2v) is 13.7. The van der Waals surface area contributed by atoms with Gasteiger partial charge in [-0.15, -0.1) is 0 Å². The van der Waals surface area contributed by atoms with E-state index in [1.54, 1.807) is 0 Å². The molecule has 0 bridgehead atoms. The van der Waals surface area contributed by atoms with Crippen LogP contribution in [0.3, 0.4) is 0 Å². The van der Waals surface area contributed by atoms with Crippen molar-refractivity contribution in [3.63, 3.8) is 0 Å². The molecule has 2 heterocycles. The van der Waals surface area contributed by atoms with E-state index in [0.29, 0.717) is 12.8 Å². The molecule has 0 aromatic heterocycles. The summed E-state index contributed by atoms with van der Waals surface area (Å²) in [6.45, 7) is 2.51. The van der Waals surface area contributed by atoms with Crippen LogP contribution >= 0.6 is 0 Å². The molecule has 2 aliphatic heterocycles. The summed E-state index contributed by atoms with van der Waals surface area (Å²) in [5, 5.41) is 85.7. The van der Waals surface area contributed by atoms with Gasteiger partial charge in [-0.25, -0.2) is 0 Å². The number of nitrogens with one attached hydrogen (secondary N) is 1. The number of aliphatic hydroxyl groups is 8. The molecule has 9 N–H and O–H groups in total. The van der Waals surface area contributed by atoms with E-state index in [0.717, 1.165) is 64.2 Å². The first-order valence-corrected chi connectivity index (χ1v) is 19.4. The van der Waals surface area contributed by atoms with Crippen LogP contribution in [0.2, 0.25) is 0 Å². The maximum absolute atomic E-state index is 12.9. The lowest BCUT2D eigenvalue weighted by Gasteiger charge is -2.46. The van der Waals surface area contributed by atoms with Crippen molar-refractivity contribution in [3.05, 3.63) is 48.6 Å². The van der Waals surface area contributed by atoms with Gasteiger partial charge < -0.3 is 65.1 Å². The smallest absolute Gasteiger partial charge is 0.220 e. The lowest BCUT2D eigenvalue weighted by Crippen LogP contribution is -2.65. The third kappa shape index (κ3) is 17.1. The third-order valence-electron chi connectivity index (χ3n) is 9.31. The van der Waals surface area contributed by atoms with Gasteiger partial charge in [-0.1, -0.05) is 88.1 Å². The number of hydrogen-bond acceptors (Lipinski definition) is 13. The van der Waals surface area contributed by atoms with Crippen molar-refractivity contribution in [2.75, 3.05) is 19.8 Å². The summed E-state index contributed by atoms with van der Waals surface area (Å²) in [4.78, 5) is 12.9. The SMILES string of the molecule is CC/C=C\C/C=C\C/C=C\C/C=C\CCCCC(=O)NC(COC1OC(CO)C(OC2OC(CO)C(O)C(O)C2O)C(O)C1O)C(O)CCCCCC. The Bertz CT molecular complexity index is 1080. The van der Waals surface area contributed by atoms with E-state index in [2.05, 4.69) is 67.8 Å². The van der Waals surface area contributed by atoms with Crippen LogP contribution in [0.4, 0.5) is 0 Å². The van der Waals surface area contributed by atoms with Gasteiger partial charge in [-0.05, 0) is 51.4 Å². The van der Waals surface area contributed by atoms with E-state index >= 15 is 0 Å². The van der Waals surface area contributed by atoms with Crippen molar-refractivity contribution < 1.29 is 64.6 Å². The molecule has 0 aromatic rings. The molecule has 306 valence electrons. The highest BCUT2D eigenvalue weighted by molar-refractivity contribution is 5.76. The van der Waals surface area contributed by atoms with Crippen LogP contribution in [0.25, 0.3) is 0 Å². The van der Waals surface area contributed by atoms with E-state index < -0.39 is 86.8 Å². The molecule has 14 heteroatoms. The standard InChI is InChI=1S/C39H67NO13/c1-3-5-7-9-10-11-12-13-14-15-16-17-18-19-21-23-31(44)40-27(28(43)22-20-8-6-4-2)26-50-38-36(49)34(47)37(30(25-42)52-38)53-39-35(48)33(46)32(45)29(24-41)51-39/h5,7,10-11,13-14,16-17,27-30,32-39,41-43,45-49H,3-4,6,8-9,12,15,18-26H2,1-2H3,(H,40,44)/b7-5-,11-10-,14-13-,17-16-. The highest BCUT2D eigenvalue weighted by atomic mass is 16.7. The fraction of sp³-hybridized carbons (Fsp3) is 0.769. The van der Waals surface area contributed by atoms with E-state index in [1.165, 1.54) is 0 Å². The molecule has 14 nitrogen and oxygen atoms in total. The molecule has 2 rings (SSSR count). The zero-order valence-electron chi connectivity index (χ0n) is 31.5. The number of hydrogen-bond donors (Lipinski definition) is 9. The van der Waals surface area contributed by atoms with Crippen LogP contribution in [-0.2, 0) is 23.7 Å². The Hall–Kier alpha value is -2.05. The fourth-order valence-corrected chi connectivity index (χ4v) is 6.05. The van der Waals surface area contributed by atoms with E-state index in [9.17, 15) is 45.6 Å². The Labute approximate surface area is 314 Å². The van der Waals surface area contributed by atoms with Crippen molar-refractivity contribution >= 4 is 5.91 Å². The van der Waals surface area contributed by atoms with Crippen LogP contribution in [0.15, 0.2) is 48.6 Å². The Morgan fingerprint density at radius 1 is 0.698 bits per heavy atom. The molecule has 0 aliphatic carbocycles. The lowest BCUT2D eigenvalue weighted by atomic mass is 9.97. The zero-order chi connectivity index (χ0) is 39.0. The molecule has 53 heavy (non-hydrogen) atoms. The summed E-state index contributed by atoms with van der Waals surface area (Å²) in [5.41, 5.74) is 0. The summed E-state index contributed by atoms with van der Waals surface area (Å²) in [5.74, 6) is -0.261. The number of allylic oxidation sites excluding steroid dienone is 8. The first-order valence-electron chi connectivity index (χ1n) is 19.4. The highest BCUT2D eigenvalue weighted by Crippen LogP contribution is 2.29.